The molecule has 0 fully saturated rings. The number of nitrogens with one attached hydrogen (secondary N) is 1. The molecule has 0 amide bonds. The van der Waals surface area contributed by atoms with E-state index >= 15 is 0 Å². The van der Waals surface area contributed by atoms with E-state index in [-0.39, 0.29) is 0 Å². The topological polar surface area (TPSA) is 74.3 Å². The van der Waals surface area contributed by atoms with Crippen molar-refractivity contribution >= 4 is 22.3 Å². The van der Waals surface area contributed by atoms with Gasteiger partial charge in [0.25, 0.3) is 0 Å². The molecule has 0 aromatic heterocycles. The maximum absolute atomic E-state index is 10.2. The van der Waals surface area contributed by atoms with Gasteiger partial charge in [-0.25, -0.2) is 8.42 Å². The van der Waals surface area contributed by atoms with Gasteiger partial charge in [-0.1, -0.05) is 0 Å². The molecule has 12 heavy (non-hydrogen) atoms. The van der Waals surface area contributed by atoms with Crippen molar-refractivity contribution in [2.45, 2.75) is 0 Å². The van der Waals surface area contributed by atoms with Gasteiger partial charge in [0.15, 0.2) is 4.98 Å². The quantitative estimate of drug-likeness (QED) is 0.534. The van der Waals surface area contributed by atoms with Crippen LogP contribution in [0.15, 0.2) is 24.3 Å². The average Bonchev–Trinajstić information content (AvgIpc) is 2.05. The van der Waals surface area contributed by atoms with Crippen LogP contribution in [0.25, 0.3) is 4.98 Å². The molecule has 1 aromatic rings. The van der Waals surface area contributed by atoms with Gasteiger partial charge < -0.3 is 0 Å². The van der Waals surface area contributed by atoms with Gasteiger partial charge in [0, 0.05) is 17.8 Å². The Morgan fingerprint density at radius 1 is 1.25 bits per heavy atom. The van der Waals surface area contributed by atoms with E-state index in [1.807, 2.05) is 0 Å². The monoisotopic (exact) mass is 184 g/mol. The third-order valence-electron chi connectivity index (χ3n) is 1.20. The number of benzene rings is 1. The van der Waals surface area contributed by atoms with Gasteiger partial charge in [0.2, 0.25) is 16.3 Å². The standard InChI is InChI=1S/C6H6N3O2S/c7-8-5-1-3-6(4-2-5)9-12(10)11/h1-4,12H,(H,9,10,11)/q+1. The fourth-order valence-corrected chi connectivity index (χ4v) is 1.07. The van der Waals surface area contributed by atoms with Crippen LogP contribution in [0.5, 0.6) is 0 Å². The van der Waals surface area contributed by atoms with Crippen LogP contribution in [-0.2, 0) is 10.9 Å². The Labute approximate surface area is 70.7 Å². The Bertz CT molecular complexity index is 369. The highest BCUT2D eigenvalue weighted by atomic mass is 32.2. The Hall–Kier alpha value is -1.61. The van der Waals surface area contributed by atoms with Crippen molar-refractivity contribution in [2.75, 3.05) is 4.72 Å². The first kappa shape index (κ1) is 8.49. The number of diazo groups is 1. The molecule has 0 saturated heterocycles. The van der Waals surface area contributed by atoms with Crippen molar-refractivity contribution in [3.63, 3.8) is 0 Å². The molecule has 1 rings (SSSR count). The maximum atomic E-state index is 10.2. The molecule has 0 aliphatic heterocycles. The smallest absolute Gasteiger partial charge is 0.286 e. The average molecular weight is 184 g/mol. The molecule has 0 atom stereocenters. The molecular weight excluding hydrogens is 178 g/mol. The van der Waals surface area contributed by atoms with Crippen LogP contribution in [0.3, 0.4) is 0 Å². The maximum Gasteiger partial charge on any atom is 0.385 e. The molecule has 62 valence electrons. The lowest BCUT2D eigenvalue weighted by molar-refractivity contribution is 0.619. The molecule has 0 radical (unpaired) electrons. The second-order valence-corrected chi connectivity index (χ2v) is 2.75. The summed E-state index contributed by atoms with van der Waals surface area (Å²) in [5.41, 5.74) is 0.820. The number of hydrogen-bond donors (Lipinski definition) is 2. The zero-order chi connectivity index (χ0) is 8.97. The summed E-state index contributed by atoms with van der Waals surface area (Å²) in [6, 6.07) is 5.97. The summed E-state index contributed by atoms with van der Waals surface area (Å²) in [5.74, 6) is 0. The zero-order valence-corrected chi connectivity index (χ0v) is 6.86. The summed E-state index contributed by atoms with van der Waals surface area (Å²) < 4.78 is 22.5. The van der Waals surface area contributed by atoms with Crippen LogP contribution in [0.4, 0.5) is 11.4 Å². The molecule has 0 unspecified atom stereocenters. The minimum absolute atomic E-state index is 0.377. The Morgan fingerprint density at radius 3 is 2.25 bits per heavy atom. The Morgan fingerprint density at radius 2 is 1.83 bits per heavy atom. The molecule has 6 heteroatoms. The van der Waals surface area contributed by atoms with E-state index in [0.717, 1.165) is 0 Å². The van der Waals surface area contributed by atoms with Gasteiger partial charge >= 0.3 is 5.69 Å². The summed E-state index contributed by atoms with van der Waals surface area (Å²) in [7, 11) is -2.63. The Balaban J connectivity index is 2.86. The van der Waals surface area contributed by atoms with Gasteiger partial charge in [-0.3, -0.25) is 4.72 Å². The number of thiol groups is 1. The molecule has 0 aliphatic carbocycles. The van der Waals surface area contributed by atoms with Gasteiger partial charge in [0.1, 0.15) is 0 Å². The van der Waals surface area contributed by atoms with Crippen LogP contribution in [0.2, 0.25) is 0 Å². The highest BCUT2D eigenvalue weighted by Crippen LogP contribution is 2.15. The summed E-state index contributed by atoms with van der Waals surface area (Å²) in [4.78, 5) is 2.91. The predicted molar refractivity (Wildman–Crippen MR) is 45.1 cm³/mol. The van der Waals surface area contributed by atoms with Crippen molar-refractivity contribution in [2.24, 2.45) is 0 Å². The van der Waals surface area contributed by atoms with Crippen LogP contribution in [-0.4, -0.2) is 8.42 Å². The van der Waals surface area contributed by atoms with Crippen LogP contribution in [0, 0.1) is 5.39 Å². The fraction of sp³-hybridized carbons (Fsp3) is 0. The molecule has 0 aliphatic rings. The summed E-state index contributed by atoms with van der Waals surface area (Å²) >= 11 is 0. The van der Waals surface area contributed by atoms with Crippen molar-refractivity contribution in [3.05, 3.63) is 29.2 Å². The van der Waals surface area contributed by atoms with E-state index in [4.69, 9.17) is 5.39 Å². The van der Waals surface area contributed by atoms with E-state index < -0.39 is 10.9 Å². The molecule has 1 aromatic carbocycles. The predicted octanol–water partition coefficient (Wildman–Crippen LogP) is 1.11. The van der Waals surface area contributed by atoms with Gasteiger partial charge in [-0.15, -0.1) is 0 Å². The second-order valence-electron chi connectivity index (χ2n) is 2.02. The van der Waals surface area contributed by atoms with Crippen molar-refractivity contribution < 1.29 is 8.42 Å². The van der Waals surface area contributed by atoms with Crippen LogP contribution in [0.1, 0.15) is 0 Å². The van der Waals surface area contributed by atoms with Crippen LogP contribution >= 0.6 is 0 Å². The third kappa shape index (κ3) is 2.21. The molecular formula is C6H6N3O2S+. The number of anilines is 1. The largest absolute Gasteiger partial charge is 0.385 e. The lowest BCUT2D eigenvalue weighted by atomic mass is 10.3. The lowest BCUT2D eigenvalue weighted by Crippen LogP contribution is -1.93. The normalized spacial score (nSPS) is 9.33. The molecule has 0 spiro atoms. The highest BCUT2D eigenvalue weighted by Gasteiger charge is 2.01. The SMILES string of the molecule is N#[N+]c1ccc(N[SH](=O)=O)cc1. The first-order valence-electron chi connectivity index (χ1n) is 3.08. The number of hydrogen-bond acceptors (Lipinski definition) is 3. The summed E-state index contributed by atoms with van der Waals surface area (Å²) in [5, 5.41) is 8.30. The van der Waals surface area contributed by atoms with Crippen molar-refractivity contribution in [1.29, 1.82) is 5.39 Å². The first-order chi connectivity index (χ1) is 5.72. The third-order valence-corrected chi connectivity index (χ3v) is 1.64. The fourth-order valence-electron chi connectivity index (χ4n) is 0.708. The van der Waals surface area contributed by atoms with Gasteiger partial charge in [-0.2, -0.15) is 0 Å². The molecule has 1 N–H and O–H groups in total. The molecule has 0 saturated carbocycles. The van der Waals surface area contributed by atoms with E-state index in [9.17, 15) is 8.42 Å². The lowest BCUT2D eigenvalue weighted by Gasteiger charge is -1.93. The first-order valence-corrected chi connectivity index (χ1v) is 4.26. The van der Waals surface area contributed by atoms with Gasteiger partial charge in [-0.05, 0) is 12.1 Å². The minimum Gasteiger partial charge on any atom is -0.286 e. The number of rotatable bonds is 2. The summed E-state index contributed by atoms with van der Waals surface area (Å²) in [6.45, 7) is 0. The summed E-state index contributed by atoms with van der Waals surface area (Å²) in [6.07, 6.45) is 0. The van der Waals surface area contributed by atoms with Crippen molar-refractivity contribution in [3.8, 4) is 0 Å². The molecule has 0 bridgehead atoms. The van der Waals surface area contributed by atoms with Crippen LogP contribution < -0.4 is 4.72 Å². The van der Waals surface area contributed by atoms with E-state index in [0.29, 0.717) is 11.4 Å². The highest BCUT2D eigenvalue weighted by molar-refractivity contribution is 7.73. The zero-order valence-electron chi connectivity index (χ0n) is 5.97. The molecule has 5 nitrogen and oxygen atoms in total. The molecule has 0 heterocycles. The Kier molecular flexibility index (Phi) is 2.61. The second kappa shape index (κ2) is 3.69. The number of nitrogens with zero attached hydrogens (tertiary/aromatic N) is 2. The van der Waals surface area contributed by atoms with Crippen molar-refractivity contribution in [1.82, 2.24) is 0 Å². The van der Waals surface area contributed by atoms with E-state index in [1.165, 1.54) is 24.3 Å². The van der Waals surface area contributed by atoms with E-state index in [2.05, 4.69) is 9.70 Å². The van der Waals surface area contributed by atoms with E-state index in [1.54, 1.807) is 0 Å². The van der Waals surface area contributed by atoms with Gasteiger partial charge in [0.05, 0.1) is 0 Å². The minimum atomic E-state index is -2.63.